The third-order valence-electron chi connectivity index (χ3n) is 5.31. The molecule has 0 aromatic heterocycles. The molecule has 0 aliphatic carbocycles. The molecule has 196 valence electrons. The van der Waals surface area contributed by atoms with Gasteiger partial charge in [0.05, 0.1) is 22.7 Å². The van der Waals surface area contributed by atoms with Crippen LogP contribution in [-0.4, -0.2) is 36.5 Å². The highest BCUT2D eigenvalue weighted by Gasteiger charge is 2.17. The summed E-state index contributed by atoms with van der Waals surface area (Å²) in [6.45, 7) is 2.69. The van der Waals surface area contributed by atoms with Crippen LogP contribution in [0.4, 0.5) is 5.69 Å². The molecule has 0 spiro atoms. The number of unbranched alkanes of at least 4 members (excludes halogenated alkanes) is 6. The predicted molar refractivity (Wildman–Crippen MR) is 140 cm³/mol. The minimum Gasteiger partial charge on any atom is -0.507 e. The van der Waals surface area contributed by atoms with E-state index in [1.807, 2.05) is 0 Å². The van der Waals surface area contributed by atoms with Gasteiger partial charge in [0.1, 0.15) is 17.9 Å². The maximum atomic E-state index is 12.6. The number of rotatable bonds is 14. The summed E-state index contributed by atoms with van der Waals surface area (Å²) in [7, 11) is 1.18. The molecule has 36 heavy (non-hydrogen) atoms. The third-order valence-corrected chi connectivity index (χ3v) is 5.87. The van der Waals surface area contributed by atoms with Crippen LogP contribution in [0.15, 0.2) is 30.3 Å². The number of carbonyl (C=O) groups excluding carboxylic acids is 3. The molecule has 0 saturated heterocycles. The van der Waals surface area contributed by atoms with Gasteiger partial charge in [-0.2, -0.15) is 0 Å². The molecule has 0 atom stereocenters. The fourth-order valence-corrected chi connectivity index (χ4v) is 3.96. The highest BCUT2D eigenvalue weighted by atomic mass is 35.5. The van der Waals surface area contributed by atoms with Crippen molar-refractivity contribution >= 4 is 46.7 Å². The van der Waals surface area contributed by atoms with Crippen LogP contribution in [0.25, 0.3) is 0 Å². The summed E-state index contributed by atoms with van der Waals surface area (Å²) in [6, 6.07) is 7.04. The Labute approximate surface area is 221 Å². The number of phenols is 1. The molecule has 0 radical (unpaired) electrons. The van der Waals surface area contributed by atoms with Crippen LogP contribution in [-0.2, 0) is 14.3 Å². The zero-order valence-electron chi connectivity index (χ0n) is 20.5. The van der Waals surface area contributed by atoms with Crippen LogP contribution < -0.4 is 15.4 Å². The third kappa shape index (κ3) is 9.59. The minimum absolute atomic E-state index is 0.0642. The number of phenolic OH excluding ortho intramolecular Hbond substituents is 1. The van der Waals surface area contributed by atoms with E-state index in [0.717, 1.165) is 19.3 Å². The van der Waals surface area contributed by atoms with E-state index in [4.69, 9.17) is 27.9 Å². The van der Waals surface area contributed by atoms with E-state index in [1.54, 1.807) is 0 Å². The summed E-state index contributed by atoms with van der Waals surface area (Å²) >= 11 is 12.6. The first-order valence-corrected chi connectivity index (χ1v) is 12.7. The normalized spacial score (nSPS) is 10.6. The lowest BCUT2D eigenvalue weighted by molar-refractivity contribution is -0.142. The first-order chi connectivity index (χ1) is 17.2. The number of hydrogen-bond acceptors (Lipinski definition) is 6. The summed E-state index contributed by atoms with van der Waals surface area (Å²) in [5.74, 6) is -1.53. The molecule has 10 heteroatoms. The Kier molecular flexibility index (Phi) is 12.4. The SMILES string of the molecule is CCCCCCCCCNC(=O)c1cc(Oc2c(Cl)cc(NC(=O)CC(=O)OC)cc2Cl)ccc1O. The Bertz CT molecular complexity index is 1040. The monoisotopic (exact) mass is 538 g/mol. The van der Waals surface area contributed by atoms with E-state index < -0.39 is 24.2 Å². The Balaban J connectivity index is 1.98. The Hall–Kier alpha value is -2.97. The predicted octanol–water partition coefficient (Wildman–Crippen LogP) is 6.47. The maximum absolute atomic E-state index is 12.6. The number of halogens is 2. The minimum atomic E-state index is -0.681. The fourth-order valence-electron chi connectivity index (χ4n) is 3.40. The van der Waals surface area contributed by atoms with Gasteiger partial charge in [-0.1, -0.05) is 68.7 Å². The highest BCUT2D eigenvalue weighted by Crippen LogP contribution is 2.39. The number of esters is 1. The van der Waals surface area contributed by atoms with Crippen LogP contribution in [0, 0.1) is 0 Å². The van der Waals surface area contributed by atoms with Crippen molar-refractivity contribution in [1.82, 2.24) is 5.32 Å². The second-order valence-corrected chi connectivity index (χ2v) is 9.04. The van der Waals surface area contributed by atoms with Gasteiger partial charge >= 0.3 is 5.97 Å². The van der Waals surface area contributed by atoms with E-state index in [-0.39, 0.29) is 38.5 Å². The zero-order chi connectivity index (χ0) is 26.5. The number of aromatic hydroxyl groups is 1. The summed E-state index contributed by atoms with van der Waals surface area (Å²) in [5, 5.41) is 15.7. The number of benzene rings is 2. The van der Waals surface area contributed by atoms with Crippen molar-refractivity contribution in [1.29, 1.82) is 0 Å². The van der Waals surface area contributed by atoms with Gasteiger partial charge in [0.25, 0.3) is 5.91 Å². The smallest absolute Gasteiger partial charge is 0.315 e. The number of nitrogens with one attached hydrogen (secondary N) is 2. The van der Waals surface area contributed by atoms with Gasteiger partial charge < -0.3 is 25.2 Å². The lowest BCUT2D eigenvalue weighted by atomic mass is 10.1. The number of carbonyl (C=O) groups is 3. The molecule has 0 fully saturated rings. The van der Waals surface area contributed by atoms with E-state index >= 15 is 0 Å². The van der Waals surface area contributed by atoms with E-state index in [2.05, 4.69) is 22.3 Å². The van der Waals surface area contributed by atoms with Crippen molar-refractivity contribution < 1.29 is 29.0 Å². The van der Waals surface area contributed by atoms with Crippen LogP contribution in [0.3, 0.4) is 0 Å². The molecule has 2 amide bonds. The average molecular weight is 539 g/mol. The van der Waals surface area contributed by atoms with Crippen LogP contribution in [0.2, 0.25) is 10.0 Å². The molecule has 0 aliphatic heterocycles. The van der Waals surface area contributed by atoms with Crippen molar-refractivity contribution in [2.75, 3.05) is 19.0 Å². The topological polar surface area (TPSA) is 114 Å². The van der Waals surface area contributed by atoms with Crippen molar-refractivity contribution in [3.63, 3.8) is 0 Å². The van der Waals surface area contributed by atoms with Crippen LogP contribution >= 0.6 is 23.2 Å². The number of ether oxygens (including phenoxy) is 2. The molecular weight excluding hydrogens is 507 g/mol. The van der Waals surface area contributed by atoms with Crippen LogP contribution in [0.5, 0.6) is 17.2 Å². The van der Waals surface area contributed by atoms with Crippen molar-refractivity contribution in [2.45, 2.75) is 58.3 Å². The van der Waals surface area contributed by atoms with Gasteiger partial charge in [-0.05, 0) is 36.8 Å². The van der Waals surface area contributed by atoms with Gasteiger partial charge in [0.2, 0.25) is 5.91 Å². The molecule has 2 rings (SSSR count). The molecule has 0 heterocycles. The molecule has 0 unspecified atom stereocenters. The molecule has 0 aliphatic rings. The van der Waals surface area contributed by atoms with Gasteiger partial charge in [0, 0.05) is 12.2 Å². The molecule has 0 saturated carbocycles. The fraction of sp³-hybridized carbons (Fsp3) is 0.423. The number of anilines is 1. The molecule has 8 nitrogen and oxygen atoms in total. The largest absolute Gasteiger partial charge is 0.507 e. The lowest BCUT2D eigenvalue weighted by Crippen LogP contribution is -2.24. The molecular formula is C26H32Cl2N2O6. The van der Waals surface area contributed by atoms with Crippen molar-refractivity contribution in [2.24, 2.45) is 0 Å². The second-order valence-electron chi connectivity index (χ2n) is 8.23. The molecule has 3 N–H and O–H groups in total. The Morgan fingerprint density at radius 3 is 2.22 bits per heavy atom. The first kappa shape index (κ1) is 29.3. The maximum Gasteiger partial charge on any atom is 0.315 e. The second kappa shape index (κ2) is 15.2. The molecule has 2 aromatic carbocycles. The van der Waals surface area contributed by atoms with E-state index in [0.29, 0.717) is 6.54 Å². The first-order valence-electron chi connectivity index (χ1n) is 11.9. The quantitative estimate of drug-likeness (QED) is 0.144. The number of methoxy groups -OCH3 is 1. The Morgan fingerprint density at radius 1 is 0.944 bits per heavy atom. The van der Waals surface area contributed by atoms with E-state index in [1.165, 1.54) is 63.1 Å². The molecule has 2 aromatic rings. The van der Waals surface area contributed by atoms with Gasteiger partial charge in [0.15, 0.2) is 5.75 Å². The summed E-state index contributed by atoms with van der Waals surface area (Å²) < 4.78 is 10.2. The molecule has 0 bridgehead atoms. The van der Waals surface area contributed by atoms with E-state index in [9.17, 15) is 19.5 Å². The van der Waals surface area contributed by atoms with Gasteiger partial charge in [-0.3, -0.25) is 14.4 Å². The Morgan fingerprint density at radius 2 is 1.58 bits per heavy atom. The number of hydrogen-bond donors (Lipinski definition) is 3. The average Bonchev–Trinajstić information content (AvgIpc) is 2.83. The zero-order valence-corrected chi connectivity index (χ0v) is 22.0. The number of amides is 2. The summed E-state index contributed by atoms with van der Waals surface area (Å²) in [4.78, 5) is 35.7. The van der Waals surface area contributed by atoms with Crippen LogP contribution in [0.1, 0.15) is 68.6 Å². The van der Waals surface area contributed by atoms with Crippen molar-refractivity contribution in [3.8, 4) is 17.2 Å². The summed E-state index contributed by atoms with van der Waals surface area (Å²) in [5.41, 5.74) is 0.330. The highest BCUT2D eigenvalue weighted by molar-refractivity contribution is 6.37. The van der Waals surface area contributed by atoms with Gasteiger partial charge in [-0.15, -0.1) is 0 Å². The standard InChI is InChI=1S/C26H32Cl2N2O6/c1-3-4-5-6-7-8-9-12-29-26(34)19-15-18(10-11-22(19)31)36-25-20(27)13-17(14-21(25)28)30-23(32)16-24(33)35-2/h10-11,13-15,31H,3-9,12,16H2,1-2H3,(H,29,34)(H,30,32). The lowest BCUT2D eigenvalue weighted by Gasteiger charge is -2.14. The summed E-state index contributed by atoms with van der Waals surface area (Å²) in [6.07, 6.45) is 7.49. The van der Waals surface area contributed by atoms with Gasteiger partial charge in [-0.25, -0.2) is 0 Å². The van der Waals surface area contributed by atoms with Crippen molar-refractivity contribution in [3.05, 3.63) is 45.9 Å².